The standard InChI is InChI=1S/C31H26/c1-21-11-7-9-15-26(21)27-19-20-29(31(23(27)3)25-13-5-4-6-14-25)30-22(2)17-18-24-12-8-10-16-28(24)30/h4-20H,1-3H3. The van der Waals surface area contributed by atoms with Crippen molar-refractivity contribution < 1.29 is 0 Å². The maximum atomic E-state index is 2.33. The van der Waals surface area contributed by atoms with E-state index in [4.69, 9.17) is 0 Å². The lowest BCUT2D eigenvalue weighted by Gasteiger charge is -2.21. The van der Waals surface area contributed by atoms with Gasteiger partial charge in [-0.15, -0.1) is 0 Å². The van der Waals surface area contributed by atoms with Gasteiger partial charge in [-0.2, -0.15) is 0 Å². The second kappa shape index (κ2) is 7.89. The molecule has 0 heteroatoms. The third-order valence-corrected chi connectivity index (χ3v) is 6.37. The molecule has 0 unspecified atom stereocenters. The highest BCUT2D eigenvalue weighted by molar-refractivity contribution is 6.03. The van der Waals surface area contributed by atoms with Gasteiger partial charge in [0.05, 0.1) is 0 Å². The van der Waals surface area contributed by atoms with Crippen LogP contribution in [-0.4, -0.2) is 0 Å². The molecule has 0 spiro atoms. The van der Waals surface area contributed by atoms with Crippen LogP contribution < -0.4 is 0 Å². The van der Waals surface area contributed by atoms with Crippen LogP contribution in [0.2, 0.25) is 0 Å². The fourth-order valence-corrected chi connectivity index (χ4v) is 4.80. The quantitative estimate of drug-likeness (QED) is 0.285. The molecule has 0 N–H and O–H groups in total. The summed E-state index contributed by atoms with van der Waals surface area (Å²) in [6, 6.07) is 37.3. The summed E-state index contributed by atoms with van der Waals surface area (Å²) in [5.41, 5.74) is 11.8. The first kappa shape index (κ1) is 19.3. The van der Waals surface area contributed by atoms with Gasteiger partial charge >= 0.3 is 0 Å². The predicted molar refractivity (Wildman–Crippen MR) is 134 cm³/mol. The Kier molecular flexibility index (Phi) is 4.92. The Labute approximate surface area is 184 Å². The number of hydrogen-bond donors (Lipinski definition) is 0. The van der Waals surface area contributed by atoms with Crippen LogP contribution in [0.25, 0.3) is 44.2 Å². The molecule has 0 saturated carbocycles. The van der Waals surface area contributed by atoms with Gasteiger partial charge in [-0.25, -0.2) is 0 Å². The second-order valence-corrected chi connectivity index (χ2v) is 8.32. The van der Waals surface area contributed by atoms with Crippen LogP contribution in [0.15, 0.2) is 103 Å². The average molecular weight is 399 g/mol. The molecule has 0 amide bonds. The maximum Gasteiger partial charge on any atom is -0.00696 e. The van der Waals surface area contributed by atoms with E-state index in [1.54, 1.807) is 0 Å². The van der Waals surface area contributed by atoms with Crippen LogP contribution in [-0.2, 0) is 0 Å². The predicted octanol–water partition coefficient (Wildman–Crippen LogP) is 8.77. The summed E-state index contributed by atoms with van der Waals surface area (Å²) >= 11 is 0. The van der Waals surface area contributed by atoms with Crippen molar-refractivity contribution in [2.24, 2.45) is 0 Å². The zero-order valence-corrected chi connectivity index (χ0v) is 18.3. The minimum atomic E-state index is 1.26. The minimum Gasteiger partial charge on any atom is -0.0622 e. The van der Waals surface area contributed by atoms with Crippen molar-refractivity contribution in [3.63, 3.8) is 0 Å². The largest absolute Gasteiger partial charge is 0.0622 e. The number of hydrogen-bond acceptors (Lipinski definition) is 0. The van der Waals surface area contributed by atoms with Crippen LogP contribution in [0.4, 0.5) is 0 Å². The van der Waals surface area contributed by atoms with Gasteiger partial charge in [0.25, 0.3) is 0 Å². The van der Waals surface area contributed by atoms with Crippen LogP contribution >= 0.6 is 0 Å². The van der Waals surface area contributed by atoms with E-state index >= 15 is 0 Å². The first-order valence-electron chi connectivity index (χ1n) is 10.9. The molecule has 0 bridgehead atoms. The van der Waals surface area contributed by atoms with Gasteiger partial charge in [-0.3, -0.25) is 0 Å². The van der Waals surface area contributed by atoms with Crippen molar-refractivity contribution in [2.75, 3.05) is 0 Å². The Morgan fingerprint density at radius 3 is 1.90 bits per heavy atom. The maximum absolute atomic E-state index is 2.33. The molecule has 5 aromatic rings. The van der Waals surface area contributed by atoms with E-state index in [1.165, 1.54) is 60.8 Å². The molecule has 0 aliphatic rings. The van der Waals surface area contributed by atoms with Gasteiger partial charge in [0, 0.05) is 0 Å². The molecule has 0 fully saturated rings. The van der Waals surface area contributed by atoms with Gasteiger partial charge in [0.1, 0.15) is 0 Å². The van der Waals surface area contributed by atoms with Crippen molar-refractivity contribution in [2.45, 2.75) is 20.8 Å². The fourth-order valence-electron chi connectivity index (χ4n) is 4.80. The summed E-state index contributed by atoms with van der Waals surface area (Å²) in [5, 5.41) is 2.59. The lowest BCUT2D eigenvalue weighted by Crippen LogP contribution is -1.96. The Morgan fingerprint density at radius 2 is 1.10 bits per heavy atom. The monoisotopic (exact) mass is 398 g/mol. The Hall–Kier alpha value is -3.64. The van der Waals surface area contributed by atoms with E-state index in [9.17, 15) is 0 Å². The van der Waals surface area contributed by atoms with E-state index in [2.05, 4.69) is 124 Å². The number of rotatable bonds is 3. The number of aryl methyl sites for hydroxylation is 2. The highest BCUT2D eigenvalue weighted by Crippen LogP contribution is 2.43. The summed E-state index contributed by atoms with van der Waals surface area (Å²) in [6.45, 7) is 6.69. The first-order valence-corrected chi connectivity index (χ1v) is 10.9. The van der Waals surface area contributed by atoms with Crippen molar-refractivity contribution in [3.8, 4) is 33.4 Å². The molecule has 0 nitrogen and oxygen atoms in total. The lowest BCUT2D eigenvalue weighted by molar-refractivity contribution is 1.40. The van der Waals surface area contributed by atoms with Crippen molar-refractivity contribution in [1.29, 1.82) is 0 Å². The zero-order valence-electron chi connectivity index (χ0n) is 18.3. The van der Waals surface area contributed by atoms with E-state index in [0.29, 0.717) is 0 Å². The van der Waals surface area contributed by atoms with E-state index in [0.717, 1.165) is 0 Å². The highest BCUT2D eigenvalue weighted by atomic mass is 14.2. The molecule has 0 heterocycles. The second-order valence-electron chi connectivity index (χ2n) is 8.32. The van der Waals surface area contributed by atoms with Gasteiger partial charge in [-0.1, -0.05) is 103 Å². The third kappa shape index (κ3) is 3.35. The topological polar surface area (TPSA) is 0 Å². The molecular formula is C31H26. The third-order valence-electron chi connectivity index (χ3n) is 6.37. The molecule has 0 atom stereocenters. The fraction of sp³-hybridized carbons (Fsp3) is 0.0968. The average Bonchev–Trinajstić information content (AvgIpc) is 2.80. The smallest absolute Gasteiger partial charge is 0.00696 e. The molecule has 5 rings (SSSR count). The lowest BCUT2D eigenvalue weighted by atomic mass is 9.83. The van der Waals surface area contributed by atoms with Gasteiger partial charge in [0.15, 0.2) is 0 Å². The number of fused-ring (bicyclic) bond motifs is 1. The SMILES string of the molecule is Cc1ccccc1-c1ccc(-c2c(C)ccc3ccccc23)c(-c2ccccc2)c1C. The molecule has 31 heavy (non-hydrogen) atoms. The number of benzene rings is 5. The minimum absolute atomic E-state index is 1.26. The van der Waals surface area contributed by atoms with Gasteiger partial charge < -0.3 is 0 Å². The van der Waals surface area contributed by atoms with Crippen LogP contribution in [0.3, 0.4) is 0 Å². The Bertz CT molecular complexity index is 1390. The van der Waals surface area contributed by atoms with E-state index < -0.39 is 0 Å². The van der Waals surface area contributed by atoms with Crippen LogP contribution in [0, 0.1) is 20.8 Å². The molecular weight excluding hydrogens is 372 g/mol. The Morgan fingerprint density at radius 1 is 0.419 bits per heavy atom. The summed E-state index contributed by atoms with van der Waals surface area (Å²) < 4.78 is 0. The van der Waals surface area contributed by atoms with Gasteiger partial charge in [0.2, 0.25) is 0 Å². The van der Waals surface area contributed by atoms with Crippen LogP contribution in [0.5, 0.6) is 0 Å². The summed E-state index contributed by atoms with van der Waals surface area (Å²) in [7, 11) is 0. The van der Waals surface area contributed by atoms with E-state index in [1.807, 2.05) is 0 Å². The van der Waals surface area contributed by atoms with Crippen molar-refractivity contribution >= 4 is 10.8 Å². The molecule has 150 valence electrons. The van der Waals surface area contributed by atoms with Crippen molar-refractivity contribution in [3.05, 3.63) is 120 Å². The van der Waals surface area contributed by atoms with E-state index in [-0.39, 0.29) is 0 Å². The molecule has 0 radical (unpaired) electrons. The molecule has 5 aromatic carbocycles. The van der Waals surface area contributed by atoms with Gasteiger partial charge in [-0.05, 0) is 81.6 Å². The summed E-state index contributed by atoms with van der Waals surface area (Å²) in [6.07, 6.45) is 0. The summed E-state index contributed by atoms with van der Waals surface area (Å²) in [5.74, 6) is 0. The highest BCUT2D eigenvalue weighted by Gasteiger charge is 2.18. The molecule has 0 aromatic heterocycles. The van der Waals surface area contributed by atoms with Crippen molar-refractivity contribution in [1.82, 2.24) is 0 Å². The first-order chi connectivity index (χ1) is 15.1. The molecule has 0 saturated heterocycles. The zero-order chi connectivity index (χ0) is 21.4. The Balaban J connectivity index is 1.88. The van der Waals surface area contributed by atoms with Crippen LogP contribution in [0.1, 0.15) is 16.7 Å². The normalized spacial score (nSPS) is 11.1. The summed E-state index contributed by atoms with van der Waals surface area (Å²) in [4.78, 5) is 0. The molecule has 0 aliphatic carbocycles. The molecule has 0 aliphatic heterocycles.